The Morgan fingerprint density at radius 1 is 0.857 bits per heavy atom. The van der Waals surface area contributed by atoms with Crippen molar-refractivity contribution in [3.05, 3.63) is 0 Å². The van der Waals surface area contributed by atoms with Gasteiger partial charge in [-0.15, -0.1) is 0 Å². The van der Waals surface area contributed by atoms with E-state index >= 15 is 0 Å². The van der Waals surface area contributed by atoms with Gasteiger partial charge in [0.05, 0.1) is 26.1 Å². The van der Waals surface area contributed by atoms with Crippen LogP contribution in [0.1, 0.15) is 26.7 Å². The van der Waals surface area contributed by atoms with Crippen molar-refractivity contribution in [2.45, 2.75) is 26.7 Å². The molecule has 6 nitrogen and oxygen atoms in total. The van der Waals surface area contributed by atoms with Crippen LogP contribution >= 0.6 is 0 Å². The molecular formula is C15H26N2O4. The van der Waals surface area contributed by atoms with E-state index < -0.39 is 0 Å². The minimum atomic E-state index is -0.342. The molecule has 0 spiro atoms. The third-order valence-electron chi connectivity index (χ3n) is 3.59. The number of ether oxygens (including phenoxy) is 2. The van der Waals surface area contributed by atoms with Gasteiger partial charge in [0.2, 0.25) is 0 Å². The van der Waals surface area contributed by atoms with Crippen LogP contribution in [-0.2, 0) is 19.1 Å². The first-order chi connectivity index (χ1) is 9.94. The lowest BCUT2D eigenvalue weighted by Gasteiger charge is -2.23. The topological polar surface area (TPSA) is 58.6 Å². The first-order valence-electron chi connectivity index (χ1n) is 7.71. The highest BCUT2D eigenvalue weighted by atomic mass is 16.5. The number of nitrogens with zero attached hydrogens (tertiary/aromatic N) is 2. The SMILES string of the molecule is CC(C)(COC(=O)CCN1CC1)COC(=O)CCN1CC1. The summed E-state index contributed by atoms with van der Waals surface area (Å²) in [6.07, 6.45) is 0.872. The van der Waals surface area contributed by atoms with Crippen molar-refractivity contribution in [1.82, 2.24) is 9.80 Å². The third-order valence-corrected chi connectivity index (χ3v) is 3.59. The standard InChI is InChI=1S/C15H26N2O4/c1-15(2,11-20-13(18)3-5-16-7-8-16)12-21-14(19)4-6-17-9-10-17/h3-12H2,1-2H3. The van der Waals surface area contributed by atoms with E-state index in [1.165, 1.54) is 0 Å². The van der Waals surface area contributed by atoms with Crippen LogP contribution < -0.4 is 0 Å². The van der Waals surface area contributed by atoms with E-state index in [1.807, 2.05) is 13.8 Å². The normalized spacial score (nSPS) is 18.4. The lowest BCUT2D eigenvalue weighted by atomic mass is 9.96. The van der Waals surface area contributed by atoms with Crippen molar-refractivity contribution in [3.8, 4) is 0 Å². The molecule has 0 bridgehead atoms. The summed E-state index contributed by atoms with van der Waals surface area (Å²) in [5.41, 5.74) is -0.342. The molecule has 21 heavy (non-hydrogen) atoms. The maximum Gasteiger partial charge on any atom is 0.307 e. The van der Waals surface area contributed by atoms with Gasteiger partial charge >= 0.3 is 11.9 Å². The van der Waals surface area contributed by atoms with Gasteiger partial charge in [0.1, 0.15) is 0 Å². The molecular weight excluding hydrogens is 272 g/mol. The second-order valence-corrected chi connectivity index (χ2v) is 6.67. The smallest absolute Gasteiger partial charge is 0.307 e. The summed E-state index contributed by atoms with van der Waals surface area (Å²) in [5, 5.41) is 0. The molecule has 120 valence electrons. The van der Waals surface area contributed by atoms with Crippen LogP contribution in [0.25, 0.3) is 0 Å². The Balaban J connectivity index is 1.53. The molecule has 2 fully saturated rings. The van der Waals surface area contributed by atoms with Crippen LogP contribution in [0.3, 0.4) is 0 Å². The molecule has 2 aliphatic heterocycles. The van der Waals surface area contributed by atoms with Gasteiger partial charge in [0.15, 0.2) is 0 Å². The molecule has 0 aliphatic carbocycles. The second-order valence-electron chi connectivity index (χ2n) is 6.67. The molecule has 0 radical (unpaired) electrons. The van der Waals surface area contributed by atoms with Gasteiger partial charge in [-0.2, -0.15) is 0 Å². The van der Waals surface area contributed by atoms with Crippen LogP contribution in [0.4, 0.5) is 0 Å². The van der Waals surface area contributed by atoms with Gasteiger partial charge in [-0.1, -0.05) is 13.8 Å². The van der Waals surface area contributed by atoms with Crippen LogP contribution in [0.5, 0.6) is 0 Å². The average Bonchev–Trinajstić information content (AvgIpc) is 3.32. The fraction of sp³-hybridized carbons (Fsp3) is 0.867. The molecule has 0 aromatic carbocycles. The van der Waals surface area contributed by atoms with Gasteiger partial charge in [0.25, 0.3) is 0 Å². The number of hydrogen-bond donors (Lipinski definition) is 0. The quantitative estimate of drug-likeness (QED) is 0.433. The molecule has 2 heterocycles. The van der Waals surface area contributed by atoms with Crippen molar-refractivity contribution in [1.29, 1.82) is 0 Å². The van der Waals surface area contributed by atoms with Gasteiger partial charge in [-0.25, -0.2) is 0 Å². The number of hydrogen-bond acceptors (Lipinski definition) is 6. The van der Waals surface area contributed by atoms with Crippen LogP contribution in [-0.4, -0.2) is 74.2 Å². The summed E-state index contributed by atoms with van der Waals surface area (Å²) in [7, 11) is 0. The highest BCUT2D eigenvalue weighted by Crippen LogP contribution is 2.17. The fourth-order valence-electron chi connectivity index (χ4n) is 1.83. The van der Waals surface area contributed by atoms with Crippen molar-refractivity contribution in [2.24, 2.45) is 5.41 Å². The molecule has 0 aromatic heterocycles. The van der Waals surface area contributed by atoms with Crippen molar-refractivity contribution in [3.63, 3.8) is 0 Å². The molecule has 0 unspecified atom stereocenters. The Hall–Kier alpha value is -1.14. The highest BCUT2D eigenvalue weighted by Gasteiger charge is 2.24. The Bertz CT molecular complexity index is 342. The minimum absolute atomic E-state index is 0.178. The Kier molecular flexibility index (Phi) is 5.58. The lowest BCUT2D eigenvalue weighted by Crippen LogP contribution is -2.29. The van der Waals surface area contributed by atoms with Crippen molar-refractivity contribution < 1.29 is 19.1 Å². The monoisotopic (exact) mass is 298 g/mol. The predicted octanol–water partition coefficient (Wildman–Crippen LogP) is 0.510. The predicted molar refractivity (Wildman–Crippen MR) is 77.8 cm³/mol. The first kappa shape index (κ1) is 16.2. The lowest BCUT2D eigenvalue weighted by molar-refractivity contribution is -0.152. The summed E-state index contributed by atoms with van der Waals surface area (Å²) < 4.78 is 10.5. The summed E-state index contributed by atoms with van der Waals surface area (Å²) in [5.74, 6) is -0.356. The van der Waals surface area contributed by atoms with E-state index in [2.05, 4.69) is 9.80 Å². The van der Waals surface area contributed by atoms with Gasteiger partial charge < -0.3 is 19.3 Å². The van der Waals surface area contributed by atoms with Crippen molar-refractivity contribution in [2.75, 3.05) is 52.5 Å². The number of esters is 2. The summed E-state index contributed by atoms with van der Waals surface area (Å²) in [6, 6.07) is 0. The summed E-state index contributed by atoms with van der Waals surface area (Å²) in [6.45, 7) is 10.4. The molecule has 0 aromatic rings. The molecule has 0 N–H and O–H groups in total. The first-order valence-corrected chi connectivity index (χ1v) is 7.71. The van der Waals surface area contributed by atoms with Crippen molar-refractivity contribution >= 4 is 11.9 Å². The minimum Gasteiger partial charge on any atom is -0.465 e. The van der Waals surface area contributed by atoms with Crippen LogP contribution in [0, 0.1) is 5.41 Å². The molecule has 0 atom stereocenters. The molecule has 2 rings (SSSR count). The molecule has 0 amide bonds. The van der Waals surface area contributed by atoms with Crippen LogP contribution in [0.15, 0.2) is 0 Å². The summed E-state index contributed by atoms with van der Waals surface area (Å²) in [4.78, 5) is 27.5. The zero-order chi connectivity index (χ0) is 15.3. The van der Waals surface area contributed by atoms with E-state index in [0.717, 1.165) is 39.3 Å². The van der Waals surface area contributed by atoms with Crippen LogP contribution in [0.2, 0.25) is 0 Å². The van der Waals surface area contributed by atoms with E-state index in [-0.39, 0.29) is 30.6 Å². The van der Waals surface area contributed by atoms with Gasteiger partial charge in [-0.05, 0) is 0 Å². The Morgan fingerprint density at radius 2 is 1.24 bits per heavy atom. The maximum atomic E-state index is 11.6. The highest BCUT2D eigenvalue weighted by molar-refractivity contribution is 5.70. The van der Waals surface area contributed by atoms with E-state index in [0.29, 0.717) is 12.8 Å². The third kappa shape index (κ3) is 7.43. The Morgan fingerprint density at radius 3 is 1.57 bits per heavy atom. The van der Waals surface area contributed by atoms with E-state index in [1.54, 1.807) is 0 Å². The molecule has 6 heteroatoms. The molecule has 0 saturated carbocycles. The zero-order valence-electron chi connectivity index (χ0n) is 13.1. The van der Waals surface area contributed by atoms with Gasteiger partial charge in [-0.3, -0.25) is 9.59 Å². The fourth-order valence-corrected chi connectivity index (χ4v) is 1.83. The largest absolute Gasteiger partial charge is 0.465 e. The van der Waals surface area contributed by atoms with Gasteiger partial charge in [0, 0.05) is 44.7 Å². The Labute approximate surface area is 126 Å². The second kappa shape index (κ2) is 7.22. The number of carbonyl (C=O) groups excluding carboxylic acids is 2. The zero-order valence-corrected chi connectivity index (χ0v) is 13.1. The van der Waals surface area contributed by atoms with E-state index in [4.69, 9.17) is 9.47 Å². The average molecular weight is 298 g/mol. The molecule has 2 saturated heterocycles. The maximum absolute atomic E-state index is 11.6. The van der Waals surface area contributed by atoms with E-state index in [9.17, 15) is 9.59 Å². The summed E-state index contributed by atoms with van der Waals surface area (Å²) >= 11 is 0. The number of carbonyl (C=O) groups is 2. The molecule has 2 aliphatic rings. The number of rotatable bonds is 10.